The van der Waals surface area contributed by atoms with Crippen LogP contribution in [-0.2, 0) is 0 Å². The van der Waals surface area contributed by atoms with Crippen LogP contribution in [0.5, 0.6) is 0 Å². The first-order valence-electron chi connectivity index (χ1n) is 5.19. The SMILES string of the molecule is CCCN(c1nnccc1C#N)C(C)C. The third-order valence-electron chi connectivity index (χ3n) is 2.18. The number of nitriles is 1. The van der Waals surface area contributed by atoms with Crippen molar-refractivity contribution in [2.75, 3.05) is 11.4 Å². The summed E-state index contributed by atoms with van der Waals surface area (Å²) in [6.45, 7) is 7.18. The molecule has 0 radical (unpaired) electrons. The van der Waals surface area contributed by atoms with Crippen LogP contribution in [0, 0.1) is 11.3 Å². The molecule has 1 rings (SSSR count). The Kier molecular flexibility index (Phi) is 4.04. The summed E-state index contributed by atoms with van der Waals surface area (Å²) in [5, 5.41) is 16.9. The van der Waals surface area contributed by atoms with Crippen LogP contribution in [0.1, 0.15) is 32.8 Å². The van der Waals surface area contributed by atoms with E-state index in [2.05, 4.69) is 41.9 Å². The molecule has 0 spiro atoms. The van der Waals surface area contributed by atoms with Crippen molar-refractivity contribution < 1.29 is 0 Å². The van der Waals surface area contributed by atoms with Crippen molar-refractivity contribution in [2.45, 2.75) is 33.2 Å². The highest BCUT2D eigenvalue weighted by Gasteiger charge is 2.15. The summed E-state index contributed by atoms with van der Waals surface area (Å²) in [6.07, 6.45) is 2.58. The van der Waals surface area contributed by atoms with E-state index in [4.69, 9.17) is 5.26 Å². The maximum Gasteiger partial charge on any atom is 0.169 e. The molecule has 0 saturated heterocycles. The largest absolute Gasteiger partial charge is 0.352 e. The third-order valence-corrected chi connectivity index (χ3v) is 2.18. The fraction of sp³-hybridized carbons (Fsp3) is 0.545. The number of aromatic nitrogens is 2. The van der Waals surface area contributed by atoms with E-state index in [0.29, 0.717) is 17.4 Å². The monoisotopic (exact) mass is 204 g/mol. The van der Waals surface area contributed by atoms with Gasteiger partial charge in [-0.05, 0) is 26.3 Å². The minimum atomic E-state index is 0.328. The molecule has 1 heterocycles. The van der Waals surface area contributed by atoms with Crippen molar-refractivity contribution in [1.82, 2.24) is 10.2 Å². The summed E-state index contributed by atoms with van der Waals surface area (Å²) in [7, 11) is 0. The topological polar surface area (TPSA) is 52.8 Å². The molecule has 0 fully saturated rings. The fourth-order valence-electron chi connectivity index (χ4n) is 1.47. The lowest BCUT2D eigenvalue weighted by atomic mass is 10.2. The highest BCUT2D eigenvalue weighted by molar-refractivity contribution is 5.52. The van der Waals surface area contributed by atoms with Gasteiger partial charge in [-0.15, -0.1) is 5.10 Å². The molecule has 0 bridgehead atoms. The average molecular weight is 204 g/mol. The first kappa shape index (κ1) is 11.4. The van der Waals surface area contributed by atoms with E-state index < -0.39 is 0 Å². The Morgan fingerprint density at radius 2 is 2.27 bits per heavy atom. The quantitative estimate of drug-likeness (QED) is 0.752. The molecule has 0 saturated carbocycles. The predicted octanol–water partition coefficient (Wildman–Crippen LogP) is 1.97. The molecule has 0 atom stereocenters. The smallest absolute Gasteiger partial charge is 0.169 e. The van der Waals surface area contributed by atoms with E-state index in [9.17, 15) is 0 Å². The molecular weight excluding hydrogens is 188 g/mol. The van der Waals surface area contributed by atoms with Crippen molar-refractivity contribution in [3.63, 3.8) is 0 Å². The van der Waals surface area contributed by atoms with Crippen molar-refractivity contribution in [2.24, 2.45) is 0 Å². The zero-order valence-electron chi connectivity index (χ0n) is 9.44. The molecule has 4 nitrogen and oxygen atoms in total. The van der Waals surface area contributed by atoms with Crippen molar-refractivity contribution in [1.29, 1.82) is 5.26 Å². The van der Waals surface area contributed by atoms with Crippen LogP contribution in [0.25, 0.3) is 0 Å². The first-order valence-corrected chi connectivity index (χ1v) is 5.19. The molecule has 0 aliphatic carbocycles. The standard InChI is InChI=1S/C11H16N4/c1-4-7-15(9(2)3)11-10(8-12)5-6-13-14-11/h5-6,9H,4,7H2,1-3H3. The van der Waals surface area contributed by atoms with Gasteiger partial charge in [0.15, 0.2) is 5.82 Å². The molecule has 0 aromatic carbocycles. The summed E-state index contributed by atoms with van der Waals surface area (Å²) in [4.78, 5) is 2.10. The van der Waals surface area contributed by atoms with Gasteiger partial charge in [0.1, 0.15) is 6.07 Å². The summed E-state index contributed by atoms with van der Waals surface area (Å²) >= 11 is 0. The van der Waals surface area contributed by atoms with Gasteiger partial charge in [-0.1, -0.05) is 6.92 Å². The fourth-order valence-corrected chi connectivity index (χ4v) is 1.47. The highest BCUT2D eigenvalue weighted by Crippen LogP contribution is 2.17. The Hall–Kier alpha value is -1.63. The molecule has 0 N–H and O–H groups in total. The van der Waals surface area contributed by atoms with Crippen LogP contribution < -0.4 is 4.90 Å². The van der Waals surface area contributed by atoms with Gasteiger partial charge in [0.05, 0.1) is 11.8 Å². The number of hydrogen-bond donors (Lipinski definition) is 0. The van der Waals surface area contributed by atoms with Gasteiger partial charge in [-0.25, -0.2) is 0 Å². The molecule has 0 aliphatic heterocycles. The van der Waals surface area contributed by atoms with Crippen molar-refractivity contribution in [3.05, 3.63) is 17.8 Å². The van der Waals surface area contributed by atoms with E-state index in [-0.39, 0.29) is 0 Å². The van der Waals surface area contributed by atoms with E-state index >= 15 is 0 Å². The van der Waals surface area contributed by atoms with Gasteiger partial charge in [0, 0.05) is 12.6 Å². The normalized spacial score (nSPS) is 10.1. The number of nitrogens with zero attached hydrogens (tertiary/aromatic N) is 4. The van der Waals surface area contributed by atoms with Crippen LogP contribution in [-0.4, -0.2) is 22.8 Å². The van der Waals surface area contributed by atoms with E-state index in [1.165, 1.54) is 0 Å². The molecule has 1 aromatic heterocycles. The Bertz CT molecular complexity index is 354. The summed E-state index contributed by atoms with van der Waals surface area (Å²) in [5.41, 5.74) is 0.590. The average Bonchev–Trinajstić information content (AvgIpc) is 2.25. The predicted molar refractivity (Wildman–Crippen MR) is 59.5 cm³/mol. The Labute approximate surface area is 90.5 Å². The third kappa shape index (κ3) is 2.66. The van der Waals surface area contributed by atoms with E-state index in [1.54, 1.807) is 12.3 Å². The summed E-state index contributed by atoms with van der Waals surface area (Å²) in [5.74, 6) is 0.692. The van der Waals surface area contributed by atoms with E-state index in [0.717, 1.165) is 13.0 Å². The van der Waals surface area contributed by atoms with Gasteiger partial charge in [0.25, 0.3) is 0 Å². The Morgan fingerprint density at radius 1 is 1.53 bits per heavy atom. The lowest BCUT2D eigenvalue weighted by Gasteiger charge is -2.27. The van der Waals surface area contributed by atoms with Crippen LogP contribution >= 0.6 is 0 Å². The molecule has 15 heavy (non-hydrogen) atoms. The molecule has 80 valence electrons. The second-order valence-electron chi connectivity index (χ2n) is 3.67. The summed E-state index contributed by atoms with van der Waals surface area (Å²) in [6, 6.07) is 4.17. The zero-order valence-corrected chi connectivity index (χ0v) is 9.44. The number of anilines is 1. The second kappa shape index (κ2) is 5.30. The molecule has 0 amide bonds. The maximum atomic E-state index is 8.97. The first-order chi connectivity index (χ1) is 7.20. The number of hydrogen-bond acceptors (Lipinski definition) is 4. The Morgan fingerprint density at radius 3 is 2.80 bits per heavy atom. The molecule has 4 heteroatoms. The van der Waals surface area contributed by atoms with Crippen LogP contribution in [0.2, 0.25) is 0 Å². The Balaban J connectivity index is 3.05. The maximum absolute atomic E-state index is 8.97. The van der Waals surface area contributed by atoms with Crippen LogP contribution in [0.15, 0.2) is 12.3 Å². The van der Waals surface area contributed by atoms with Crippen molar-refractivity contribution in [3.8, 4) is 6.07 Å². The molecular formula is C11H16N4. The highest BCUT2D eigenvalue weighted by atomic mass is 15.3. The summed E-state index contributed by atoms with van der Waals surface area (Å²) < 4.78 is 0. The second-order valence-corrected chi connectivity index (χ2v) is 3.67. The van der Waals surface area contributed by atoms with Crippen LogP contribution in [0.4, 0.5) is 5.82 Å². The molecule has 0 aliphatic rings. The lowest BCUT2D eigenvalue weighted by Crippen LogP contribution is -2.33. The van der Waals surface area contributed by atoms with Crippen molar-refractivity contribution >= 4 is 5.82 Å². The minimum Gasteiger partial charge on any atom is -0.352 e. The zero-order chi connectivity index (χ0) is 11.3. The van der Waals surface area contributed by atoms with Gasteiger partial charge < -0.3 is 4.90 Å². The molecule has 1 aromatic rings. The van der Waals surface area contributed by atoms with E-state index in [1.807, 2.05) is 0 Å². The number of rotatable bonds is 4. The molecule has 0 unspecified atom stereocenters. The van der Waals surface area contributed by atoms with Gasteiger partial charge in [-0.2, -0.15) is 10.4 Å². The van der Waals surface area contributed by atoms with Crippen LogP contribution in [0.3, 0.4) is 0 Å². The van der Waals surface area contributed by atoms with Gasteiger partial charge in [-0.3, -0.25) is 0 Å². The van der Waals surface area contributed by atoms with Gasteiger partial charge >= 0.3 is 0 Å². The minimum absolute atomic E-state index is 0.328. The van der Waals surface area contributed by atoms with Gasteiger partial charge in [0.2, 0.25) is 0 Å². The lowest BCUT2D eigenvalue weighted by molar-refractivity contribution is 0.655.